The zero-order valence-electron chi connectivity index (χ0n) is 13.8. The van der Waals surface area contributed by atoms with Crippen LogP contribution in [0.2, 0.25) is 0 Å². The third-order valence-corrected chi connectivity index (χ3v) is 3.89. The van der Waals surface area contributed by atoms with Crippen molar-refractivity contribution in [2.45, 2.75) is 27.2 Å². The lowest BCUT2D eigenvalue weighted by molar-refractivity contribution is -0.117. The number of rotatable bonds is 5. The highest BCUT2D eigenvalue weighted by Crippen LogP contribution is 2.18. The second kappa shape index (κ2) is 7.58. The van der Waals surface area contributed by atoms with Gasteiger partial charge in [-0.25, -0.2) is 0 Å². The number of hydrogen-bond donors (Lipinski definition) is 1. The van der Waals surface area contributed by atoms with Gasteiger partial charge in [0.1, 0.15) is 0 Å². The molecular weight excluding hydrogens is 288 g/mol. The summed E-state index contributed by atoms with van der Waals surface area (Å²) in [5.41, 5.74) is 3.83. The predicted octanol–water partition coefficient (Wildman–Crippen LogP) is 3.69. The maximum Gasteiger partial charge on any atom is 0.226 e. The van der Waals surface area contributed by atoms with Gasteiger partial charge in [0.25, 0.3) is 0 Å². The van der Waals surface area contributed by atoms with E-state index < -0.39 is 0 Å². The first-order chi connectivity index (χ1) is 11.0. The summed E-state index contributed by atoms with van der Waals surface area (Å²) in [6.07, 6.45) is 0.252. The van der Waals surface area contributed by atoms with Crippen molar-refractivity contribution in [3.05, 3.63) is 59.7 Å². The average Bonchev–Trinajstić information content (AvgIpc) is 2.53. The Bertz CT molecular complexity index is 696. The highest BCUT2D eigenvalue weighted by molar-refractivity contribution is 5.95. The van der Waals surface area contributed by atoms with Crippen molar-refractivity contribution in [3.63, 3.8) is 0 Å². The number of hydrogen-bond acceptors (Lipinski definition) is 2. The van der Waals surface area contributed by atoms with Crippen LogP contribution in [0.3, 0.4) is 0 Å². The van der Waals surface area contributed by atoms with E-state index in [2.05, 4.69) is 5.32 Å². The molecule has 0 aliphatic heterocycles. The predicted molar refractivity (Wildman–Crippen MR) is 93.6 cm³/mol. The third-order valence-electron chi connectivity index (χ3n) is 3.89. The molecule has 0 bridgehead atoms. The number of aryl methyl sites for hydroxylation is 1. The summed E-state index contributed by atoms with van der Waals surface area (Å²) in [6.45, 7) is 5.86. The molecule has 0 radical (unpaired) electrons. The number of nitrogens with one attached hydrogen (secondary N) is 1. The number of benzene rings is 2. The van der Waals surface area contributed by atoms with Crippen LogP contribution in [0.1, 0.15) is 24.5 Å². The third kappa shape index (κ3) is 4.42. The Balaban J connectivity index is 2.00. The minimum Gasteiger partial charge on any atom is -0.326 e. The fourth-order valence-electron chi connectivity index (χ4n) is 2.39. The molecule has 1 N–H and O–H groups in total. The molecule has 2 rings (SSSR count). The number of anilines is 2. The Morgan fingerprint density at radius 2 is 1.70 bits per heavy atom. The molecule has 0 unspecified atom stereocenters. The van der Waals surface area contributed by atoms with E-state index >= 15 is 0 Å². The summed E-state index contributed by atoms with van der Waals surface area (Å²) in [7, 11) is 0. The van der Waals surface area contributed by atoms with E-state index in [0.29, 0.717) is 6.54 Å². The van der Waals surface area contributed by atoms with Crippen LogP contribution in [-0.2, 0) is 9.59 Å². The van der Waals surface area contributed by atoms with Gasteiger partial charge in [-0.15, -0.1) is 0 Å². The van der Waals surface area contributed by atoms with Gasteiger partial charge in [-0.1, -0.05) is 30.3 Å². The van der Waals surface area contributed by atoms with Crippen LogP contribution in [0.25, 0.3) is 0 Å². The molecule has 0 aliphatic rings. The first-order valence-corrected chi connectivity index (χ1v) is 7.68. The molecule has 0 saturated heterocycles. The van der Waals surface area contributed by atoms with Gasteiger partial charge in [-0.3, -0.25) is 9.59 Å². The van der Waals surface area contributed by atoms with E-state index in [1.807, 2.05) is 62.4 Å². The summed E-state index contributed by atoms with van der Waals surface area (Å²) >= 11 is 0. The minimum absolute atomic E-state index is 0.0734. The molecule has 0 saturated carbocycles. The molecule has 2 amide bonds. The van der Waals surface area contributed by atoms with Gasteiger partial charge >= 0.3 is 0 Å². The van der Waals surface area contributed by atoms with Crippen LogP contribution in [-0.4, -0.2) is 18.4 Å². The van der Waals surface area contributed by atoms with Crippen molar-refractivity contribution in [1.82, 2.24) is 0 Å². The minimum atomic E-state index is -0.0964. The van der Waals surface area contributed by atoms with Crippen LogP contribution in [0.4, 0.5) is 11.4 Å². The van der Waals surface area contributed by atoms with Crippen LogP contribution < -0.4 is 10.2 Å². The second-order valence-electron chi connectivity index (χ2n) is 5.55. The van der Waals surface area contributed by atoms with E-state index in [9.17, 15) is 9.59 Å². The summed E-state index contributed by atoms with van der Waals surface area (Å²) in [5.74, 6) is -0.170. The monoisotopic (exact) mass is 310 g/mol. The van der Waals surface area contributed by atoms with Crippen molar-refractivity contribution in [2.75, 3.05) is 16.8 Å². The van der Waals surface area contributed by atoms with E-state index in [-0.39, 0.29) is 18.2 Å². The van der Waals surface area contributed by atoms with E-state index in [0.717, 1.165) is 22.5 Å². The molecule has 0 aliphatic carbocycles. The Labute approximate surface area is 137 Å². The first kappa shape index (κ1) is 16.7. The molecular formula is C19H22N2O2. The number of nitrogens with zero attached hydrogens (tertiary/aromatic N) is 1. The van der Waals surface area contributed by atoms with Gasteiger partial charge < -0.3 is 10.2 Å². The number of para-hydroxylation sites is 1. The Hall–Kier alpha value is -2.62. The molecule has 0 heterocycles. The van der Waals surface area contributed by atoms with Crippen LogP contribution in [0, 0.1) is 13.8 Å². The number of amides is 2. The standard InChI is InChI=1S/C19H22N2O2/c1-14-8-7-11-18(15(14)2)20-19(23)12-13-21(16(3)22)17-9-5-4-6-10-17/h4-11H,12-13H2,1-3H3,(H,20,23). The molecule has 2 aromatic carbocycles. The molecule has 0 aromatic heterocycles. The average molecular weight is 310 g/mol. The molecule has 4 heteroatoms. The highest BCUT2D eigenvalue weighted by atomic mass is 16.2. The fraction of sp³-hybridized carbons (Fsp3) is 0.263. The summed E-state index contributed by atoms with van der Waals surface area (Å²) in [4.78, 5) is 25.6. The molecule has 23 heavy (non-hydrogen) atoms. The van der Waals surface area contributed by atoms with Gasteiger partial charge in [-0.2, -0.15) is 0 Å². The zero-order chi connectivity index (χ0) is 16.8. The van der Waals surface area contributed by atoms with Crippen molar-refractivity contribution in [2.24, 2.45) is 0 Å². The van der Waals surface area contributed by atoms with E-state index in [4.69, 9.17) is 0 Å². The maximum atomic E-state index is 12.2. The lowest BCUT2D eigenvalue weighted by atomic mass is 10.1. The molecule has 0 atom stereocenters. The molecule has 0 spiro atoms. The first-order valence-electron chi connectivity index (χ1n) is 7.68. The Kier molecular flexibility index (Phi) is 5.52. The van der Waals surface area contributed by atoms with Crippen molar-refractivity contribution < 1.29 is 9.59 Å². The van der Waals surface area contributed by atoms with E-state index in [1.54, 1.807) is 4.90 Å². The topological polar surface area (TPSA) is 49.4 Å². The smallest absolute Gasteiger partial charge is 0.226 e. The van der Waals surface area contributed by atoms with Crippen molar-refractivity contribution in [3.8, 4) is 0 Å². The molecule has 2 aromatic rings. The summed E-state index contributed by atoms with van der Waals surface area (Å²) in [5, 5.41) is 2.92. The van der Waals surface area contributed by atoms with Crippen molar-refractivity contribution >= 4 is 23.2 Å². The molecule has 120 valence electrons. The van der Waals surface area contributed by atoms with Gasteiger partial charge in [0, 0.05) is 31.3 Å². The number of carbonyl (C=O) groups excluding carboxylic acids is 2. The SMILES string of the molecule is CC(=O)N(CCC(=O)Nc1cccc(C)c1C)c1ccccc1. The Morgan fingerprint density at radius 3 is 2.35 bits per heavy atom. The largest absolute Gasteiger partial charge is 0.326 e. The second-order valence-corrected chi connectivity index (χ2v) is 5.55. The molecule has 0 fully saturated rings. The van der Waals surface area contributed by atoms with Crippen LogP contribution in [0.15, 0.2) is 48.5 Å². The normalized spacial score (nSPS) is 10.2. The number of carbonyl (C=O) groups is 2. The van der Waals surface area contributed by atoms with Gasteiger partial charge in [0.15, 0.2) is 0 Å². The maximum absolute atomic E-state index is 12.2. The summed E-state index contributed by atoms with van der Waals surface area (Å²) in [6, 6.07) is 15.2. The molecule has 4 nitrogen and oxygen atoms in total. The lowest BCUT2D eigenvalue weighted by Crippen LogP contribution is -2.31. The van der Waals surface area contributed by atoms with Gasteiger partial charge in [0.05, 0.1) is 0 Å². The zero-order valence-corrected chi connectivity index (χ0v) is 13.8. The van der Waals surface area contributed by atoms with Gasteiger partial charge in [-0.05, 0) is 43.2 Å². The van der Waals surface area contributed by atoms with Crippen LogP contribution >= 0.6 is 0 Å². The summed E-state index contributed by atoms with van der Waals surface area (Å²) < 4.78 is 0. The quantitative estimate of drug-likeness (QED) is 0.915. The Morgan fingerprint density at radius 1 is 1.00 bits per heavy atom. The van der Waals surface area contributed by atoms with Crippen molar-refractivity contribution in [1.29, 1.82) is 0 Å². The fourth-order valence-corrected chi connectivity index (χ4v) is 2.39. The van der Waals surface area contributed by atoms with Gasteiger partial charge in [0.2, 0.25) is 11.8 Å². The lowest BCUT2D eigenvalue weighted by Gasteiger charge is -2.21. The highest BCUT2D eigenvalue weighted by Gasteiger charge is 2.13. The van der Waals surface area contributed by atoms with E-state index in [1.165, 1.54) is 6.92 Å². The van der Waals surface area contributed by atoms with Crippen LogP contribution in [0.5, 0.6) is 0 Å².